The zero-order valence-corrected chi connectivity index (χ0v) is 15.3. The molecule has 0 aliphatic carbocycles. The molecule has 0 fully saturated rings. The van der Waals surface area contributed by atoms with Gasteiger partial charge < -0.3 is 5.73 Å². The van der Waals surface area contributed by atoms with E-state index in [1.807, 2.05) is 48.5 Å². The van der Waals surface area contributed by atoms with Gasteiger partial charge in [-0.1, -0.05) is 72.4 Å². The van der Waals surface area contributed by atoms with Crippen LogP contribution in [0.4, 0.5) is 0 Å². The van der Waals surface area contributed by atoms with E-state index in [4.69, 9.17) is 5.73 Å². The van der Waals surface area contributed by atoms with E-state index in [1.54, 1.807) is 17.7 Å². The molecule has 0 aliphatic heterocycles. The molecule has 26 heavy (non-hydrogen) atoms. The number of amides is 1. The van der Waals surface area contributed by atoms with Crippen LogP contribution in [0.25, 0.3) is 20.7 Å². The average Bonchev–Trinajstić information content (AvgIpc) is 3.12. The Morgan fingerprint density at radius 2 is 1.69 bits per heavy atom. The Balaban J connectivity index is 1.74. The zero-order valence-electron chi connectivity index (χ0n) is 13.7. The molecule has 0 radical (unpaired) electrons. The molecule has 2 aromatic carbocycles. The van der Waals surface area contributed by atoms with Crippen molar-refractivity contribution in [2.45, 2.75) is 10.3 Å². The SMILES string of the molecule is NC(=O)C(Sc1ncnc2sc(-c3ccccc3)cc12)c1ccccc1. The standard InChI is InChI=1S/C20H15N3OS2/c21-18(24)17(14-9-5-2-6-10-14)26-20-15-11-16(13-7-3-1-4-8-13)25-19(15)22-12-23-20/h1-12,17H,(H2,21,24). The van der Waals surface area contributed by atoms with Gasteiger partial charge >= 0.3 is 0 Å². The number of carbonyl (C=O) groups is 1. The van der Waals surface area contributed by atoms with Gasteiger partial charge in [-0.15, -0.1) is 11.3 Å². The monoisotopic (exact) mass is 377 g/mol. The van der Waals surface area contributed by atoms with E-state index in [0.29, 0.717) is 0 Å². The number of benzene rings is 2. The first kappa shape index (κ1) is 16.8. The number of nitrogens with zero attached hydrogens (tertiary/aromatic N) is 2. The Morgan fingerprint density at radius 1 is 1.00 bits per heavy atom. The van der Waals surface area contributed by atoms with Crippen molar-refractivity contribution in [3.05, 3.63) is 78.6 Å². The third-order valence-electron chi connectivity index (χ3n) is 3.94. The minimum Gasteiger partial charge on any atom is -0.368 e. The second-order valence-corrected chi connectivity index (χ2v) is 7.81. The molecule has 128 valence electrons. The molecule has 0 aliphatic rings. The molecule has 4 nitrogen and oxygen atoms in total. The van der Waals surface area contributed by atoms with Crippen molar-refractivity contribution in [1.29, 1.82) is 0 Å². The van der Waals surface area contributed by atoms with Crippen LogP contribution in [-0.4, -0.2) is 15.9 Å². The molecular weight excluding hydrogens is 362 g/mol. The molecule has 0 saturated carbocycles. The summed E-state index contributed by atoms with van der Waals surface area (Å²) in [4.78, 5) is 22.9. The van der Waals surface area contributed by atoms with Gasteiger partial charge in [0.25, 0.3) is 0 Å². The van der Waals surface area contributed by atoms with Gasteiger partial charge in [0.2, 0.25) is 5.91 Å². The maximum atomic E-state index is 12.0. The van der Waals surface area contributed by atoms with Gasteiger partial charge in [0.05, 0.1) is 0 Å². The van der Waals surface area contributed by atoms with E-state index in [1.165, 1.54) is 11.8 Å². The Kier molecular flexibility index (Phi) is 4.69. The van der Waals surface area contributed by atoms with Gasteiger partial charge in [-0.25, -0.2) is 9.97 Å². The highest BCUT2D eigenvalue weighted by atomic mass is 32.2. The van der Waals surface area contributed by atoms with E-state index in [-0.39, 0.29) is 5.91 Å². The molecule has 2 N–H and O–H groups in total. The number of nitrogens with two attached hydrogens (primary N) is 1. The maximum Gasteiger partial charge on any atom is 0.235 e. The number of hydrogen-bond acceptors (Lipinski definition) is 5. The van der Waals surface area contributed by atoms with Crippen molar-refractivity contribution in [1.82, 2.24) is 9.97 Å². The predicted molar refractivity (Wildman–Crippen MR) is 107 cm³/mol. The largest absolute Gasteiger partial charge is 0.368 e. The van der Waals surface area contributed by atoms with Crippen LogP contribution in [-0.2, 0) is 4.79 Å². The van der Waals surface area contributed by atoms with Crippen LogP contribution < -0.4 is 5.73 Å². The van der Waals surface area contributed by atoms with Crippen molar-refractivity contribution in [3.8, 4) is 10.4 Å². The van der Waals surface area contributed by atoms with E-state index < -0.39 is 5.25 Å². The van der Waals surface area contributed by atoms with Crippen molar-refractivity contribution < 1.29 is 4.79 Å². The summed E-state index contributed by atoms with van der Waals surface area (Å²) in [6.45, 7) is 0. The lowest BCUT2D eigenvalue weighted by Crippen LogP contribution is -2.19. The Labute approximate surface area is 159 Å². The van der Waals surface area contributed by atoms with Crippen LogP contribution in [0.2, 0.25) is 0 Å². The summed E-state index contributed by atoms with van der Waals surface area (Å²) in [6.07, 6.45) is 1.54. The number of hydrogen-bond donors (Lipinski definition) is 1. The summed E-state index contributed by atoms with van der Waals surface area (Å²) in [5.41, 5.74) is 7.67. The summed E-state index contributed by atoms with van der Waals surface area (Å²) >= 11 is 2.98. The highest BCUT2D eigenvalue weighted by Gasteiger charge is 2.22. The molecule has 0 saturated heterocycles. The first-order valence-electron chi connectivity index (χ1n) is 8.03. The quantitative estimate of drug-likeness (QED) is 0.405. The second kappa shape index (κ2) is 7.27. The van der Waals surface area contributed by atoms with Crippen LogP contribution in [0, 0.1) is 0 Å². The first-order chi connectivity index (χ1) is 12.7. The highest BCUT2D eigenvalue weighted by molar-refractivity contribution is 8.00. The minimum absolute atomic E-state index is 0.383. The summed E-state index contributed by atoms with van der Waals surface area (Å²) in [7, 11) is 0. The molecule has 1 amide bonds. The minimum atomic E-state index is -0.491. The molecule has 0 spiro atoms. The molecule has 6 heteroatoms. The third kappa shape index (κ3) is 3.34. The van der Waals surface area contributed by atoms with Gasteiger partial charge in [-0.2, -0.15) is 0 Å². The fraction of sp³-hybridized carbons (Fsp3) is 0.0500. The molecule has 4 rings (SSSR count). The van der Waals surface area contributed by atoms with Crippen molar-refractivity contribution >= 4 is 39.2 Å². The van der Waals surface area contributed by atoms with Gasteiger partial charge in [-0.05, 0) is 17.2 Å². The number of carbonyl (C=O) groups excluding carboxylic acids is 1. The number of primary amides is 1. The number of aromatic nitrogens is 2. The Hall–Kier alpha value is -2.70. The first-order valence-corrected chi connectivity index (χ1v) is 9.73. The van der Waals surface area contributed by atoms with Crippen LogP contribution in [0.3, 0.4) is 0 Å². The van der Waals surface area contributed by atoms with Gasteiger partial charge in [0.15, 0.2) is 0 Å². The molecular formula is C20H15N3OS2. The lowest BCUT2D eigenvalue weighted by atomic mass is 10.1. The molecule has 4 aromatic rings. The normalized spacial score (nSPS) is 12.2. The van der Waals surface area contributed by atoms with E-state index in [0.717, 1.165) is 31.2 Å². The van der Waals surface area contributed by atoms with Crippen molar-refractivity contribution in [2.75, 3.05) is 0 Å². The maximum absolute atomic E-state index is 12.0. The van der Waals surface area contributed by atoms with Crippen LogP contribution in [0.15, 0.2) is 78.1 Å². The molecule has 2 heterocycles. The van der Waals surface area contributed by atoms with Crippen molar-refractivity contribution in [3.63, 3.8) is 0 Å². The summed E-state index contributed by atoms with van der Waals surface area (Å²) < 4.78 is 0. The lowest BCUT2D eigenvalue weighted by molar-refractivity contribution is -0.117. The van der Waals surface area contributed by atoms with E-state index in [9.17, 15) is 4.79 Å². The smallest absolute Gasteiger partial charge is 0.235 e. The van der Waals surface area contributed by atoms with E-state index >= 15 is 0 Å². The Bertz CT molecular complexity index is 1050. The van der Waals surface area contributed by atoms with Crippen molar-refractivity contribution in [2.24, 2.45) is 5.73 Å². The van der Waals surface area contributed by atoms with Crippen LogP contribution >= 0.6 is 23.1 Å². The number of thiophene rings is 1. The molecule has 1 unspecified atom stereocenters. The van der Waals surface area contributed by atoms with Gasteiger partial charge in [-0.3, -0.25) is 4.79 Å². The van der Waals surface area contributed by atoms with E-state index in [2.05, 4.69) is 28.2 Å². The molecule has 2 aromatic heterocycles. The predicted octanol–water partition coefficient (Wildman–Crippen LogP) is 4.68. The number of fused-ring (bicyclic) bond motifs is 1. The molecule has 1 atom stereocenters. The highest BCUT2D eigenvalue weighted by Crippen LogP contribution is 2.40. The number of rotatable bonds is 5. The van der Waals surface area contributed by atoms with Gasteiger partial charge in [0, 0.05) is 10.3 Å². The third-order valence-corrected chi connectivity index (χ3v) is 6.32. The van der Waals surface area contributed by atoms with Gasteiger partial charge in [0.1, 0.15) is 21.4 Å². The van der Waals surface area contributed by atoms with Crippen LogP contribution in [0.5, 0.6) is 0 Å². The zero-order chi connectivity index (χ0) is 17.9. The average molecular weight is 377 g/mol. The number of thioether (sulfide) groups is 1. The summed E-state index contributed by atoms with van der Waals surface area (Å²) in [6, 6.07) is 21.8. The fourth-order valence-corrected chi connectivity index (χ4v) is 4.79. The van der Waals surface area contributed by atoms with Crippen LogP contribution in [0.1, 0.15) is 10.8 Å². The Morgan fingerprint density at radius 3 is 2.38 bits per heavy atom. The fourth-order valence-electron chi connectivity index (χ4n) is 2.70. The topological polar surface area (TPSA) is 68.9 Å². The second-order valence-electron chi connectivity index (χ2n) is 5.69. The summed E-state index contributed by atoms with van der Waals surface area (Å²) in [5, 5.41) is 1.22. The lowest BCUT2D eigenvalue weighted by Gasteiger charge is -2.13. The summed E-state index contributed by atoms with van der Waals surface area (Å²) in [5.74, 6) is -0.383. The molecule has 0 bridgehead atoms.